The van der Waals surface area contributed by atoms with Gasteiger partial charge < -0.3 is 10.2 Å². The van der Waals surface area contributed by atoms with Gasteiger partial charge >= 0.3 is 0 Å². The zero-order chi connectivity index (χ0) is 12.5. The van der Waals surface area contributed by atoms with Gasteiger partial charge in [-0.05, 0) is 18.8 Å². The maximum atomic E-state index is 11.9. The van der Waals surface area contributed by atoms with Gasteiger partial charge in [0.1, 0.15) is 0 Å². The molecule has 1 aliphatic carbocycles. The van der Waals surface area contributed by atoms with Crippen LogP contribution in [0.3, 0.4) is 0 Å². The Morgan fingerprint density at radius 2 is 2.12 bits per heavy atom. The van der Waals surface area contributed by atoms with E-state index < -0.39 is 9.84 Å². The summed E-state index contributed by atoms with van der Waals surface area (Å²) in [6, 6.07) is -0.206. The van der Waals surface area contributed by atoms with E-state index in [1.807, 2.05) is 0 Å². The van der Waals surface area contributed by atoms with Crippen LogP contribution in [0.5, 0.6) is 0 Å². The van der Waals surface area contributed by atoms with Gasteiger partial charge in [0.05, 0.1) is 11.5 Å². The molecule has 0 aromatic heterocycles. The van der Waals surface area contributed by atoms with Gasteiger partial charge in [0.15, 0.2) is 9.84 Å². The molecule has 1 heterocycles. The minimum absolute atomic E-state index is 0.0477. The smallest absolute Gasteiger partial charge is 0.223 e. The lowest BCUT2D eigenvalue weighted by Crippen LogP contribution is -2.47. The quantitative estimate of drug-likeness (QED) is 0.749. The first-order valence-electron chi connectivity index (χ1n) is 6.14. The molecule has 1 unspecified atom stereocenters. The second kappa shape index (κ2) is 4.94. The van der Waals surface area contributed by atoms with Crippen molar-refractivity contribution < 1.29 is 13.2 Å². The minimum atomic E-state index is -2.95. The van der Waals surface area contributed by atoms with E-state index >= 15 is 0 Å². The lowest BCUT2D eigenvalue weighted by atomic mass is 10.2. The van der Waals surface area contributed by atoms with E-state index in [9.17, 15) is 13.2 Å². The maximum Gasteiger partial charge on any atom is 0.223 e. The van der Waals surface area contributed by atoms with E-state index in [1.54, 1.807) is 11.9 Å². The predicted octanol–water partition coefficient (Wildman–Crippen LogP) is -0.368. The van der Waals surface area contributed by atoms with Crippen LogP contribution in [0.1, 0.15) is 19.3 Å². The average molecular weight is 260 g/mol. The van der Waals surface area contributed by atoms with Crippen LogP contribution in [0.2, 0.25) is 0 Å². The summed E-state index contributed by atoms with van der Waals surface area (Å²) in [6.45, 7) is 1.28. The Hall–Kier alpha value is -0.620. The summed E-state index contributed by atoms with van der Waals surface area (Å²) < 4.78 is 22.9. The first-order chi connectivity index (χ1) is 7.96. The van der Waals surface area contributed by atoms with Crippen LogP contribution in [0.15, 0.2) is 0 Å². The lowest BCUT2D eigenvalue weighted by molar-refractivity contribution is -0.130. The van der Waals surface area contributed by atoms with E-state index in [-0.39, 0.29) is 23.5 Å². The number of hydrogen-bond donors (Lipinski definition) is 1. The molecule has 0 aromatic carbocycles. The van der Waals surface area contributed by atoms with Crippen LogP contribution in [0.25, 0.3) is 0 Å². The minimum Gasteiger partial charge on any atom is -0.345 e. The fourth-order valence-electron chi connectivity index (χ4n) is 2.15. The Bertz CT molecular complexity index is 390. The van der Waals surface area contributed by atoms with Crippen molar-refractivity contribution in [3.63, 3.8) is 0 Å². The average Bonchev–Trinajstić information content (AvgIpc) is 2.99. The van der Waals surface area contributed by atoms with E-state index in [4.69, 9.17) is 0 Å². The number of amides is 1. The Labute approximate surface area is 102 Å². The van der Waals surface area contributed by atoms with Crippen molar-refractivity contribution in [2.75, 3.05) is 31.6 Å². The molecule has 0 bridgehead atoms. The first-order valence-corrected chi connectivity index (χ1v) is 7.96. The van der Waals surface area contributed by atoms with E-state index in [0.717, 1.165) is 6.54 Å². The number of nitrogens with one attached hydrogen (secondary N) is 1. The van der Waals surface area contributed by atoms with E-state index in [2.05, 4.69) is 5.32 Å². The molecule has 1 saturated heterocycles. The molecule has 98 valence electrons. The molecule has 17 heavy (non-hydrogen) atoms. The number of hydrogen-bond acceptors (Lipinski definition) is 4. The predicted molar refractivity (Wildman–Crippen MR) is 65.4 cm³/mol. The normalized spacial score (nSPS) is 27.7. The second-order valence-electron chi connectivity index (χ2n) is 5.19. The third-order valence-electron chi connectivity index (χ3n) is 3.38. The van der Waals surface area contributed by atoms with Crippen molar-refractivity contribution in [2.45, 2.75) is 25.3 Å². The molecule has 1 amide bonds. The summed E-state index contributed by atoms with van der Waals surface area (Å²) in [5.74, 6) is 1.00. The highest BCUT2D eigenvalue weighted by atomic mass is 32.2. The van der Waals surface area contributed by atoms with Crippen molar-refractivity contribution in [1.82, 2.24) is 10.2 Å². The van der Waals surface area contributed by atoms with Crippen molar-refractivity contribution in [3.8, 4) is 0 Å². The third-order valence-corrected chi connectivity index (χ3v) is 5.11. The van der Waals surface area contributed by atoms with Gasteiger partial charge in [-0.1, -0.05) is 0 Å². The molecule has 5 nitrogen and oxygen atoms in total. The Morgan fingerprint density at radius 3 is 2.71 bits per heavy atom. The van der Waals surface area contributed by atoms with Gasteiger partial charge in [-0.2, -0.15) is 0 Å². The maximum absolute atomic E-state index is 11.9. The van der Waals surface area contributed by atoms with Gasteiger partial charge in [0.2, 0.25) is 5.91 Å². The summed E-state index contributed by atoms with van der Waals surface area (Å²) in [5.41, 5.74) is 0. The lowest BCUT2D eigenvalue weighted by Gasteiger charge is -2.25. The van der Waals surface area contributed by atoms with Crippen LogP contribution >= 0.6 is 0 Å². The molecule has 2 aliphatic rings. The van der Waals surface area contributed by atoms with Crippen LogP contribution in [0, 0.1) is 5.92 Å². The van der Waals surface area contributed by atoms with Crippen LogP contribution in [0.4, 0.5) is 0 Å². The van der Waals surface area contributed by atoms with Gasteiger partial charge in [-0.3, -0.25) is 4.79 Å². The largest absolute Gasteiger partial charge is 0.345 e. The van der Waals surface area contributed by atoms with Gasteiger partial charge in [-0.15, -0.1) is 0 Å². The molecule has 0 radical (unpaired) electrons. The summed E-state index contributed by atoms with van der Waals surface area (Å²) >= 11 is 0. The highest BCUT2D eigenvalue weighted by molar-refractivity contribution is 7.91. The molecular formula is C11H20N2O3S. The van der Waals surface area contributed by atoms with Gasteiger partial charge in [-0.25, -0.2) is 8.42 Å². The fraction of sp³-hybridized carbons (Fsp3) is 0.909. The Kier molecular flexibility index (Phi) is 3.73. The topological polar surface area (TPSA) is 66.5 Å². The Morgan fingerprint density at radius 1 is 1.41 bits per heavy atom. The zero-order valence-corrected chi connectivity index (χ0v) is 11.0. The van der Waals surface area contributed by atoms with Crippen molar-refractivity contribution in [1.29, 1.82) is 0 Å². The molecule has 6 heteroatoms. The first kappa shape index (κ1) is 12.8. The van der Waals surface area contributed by atoms with Crippen LogP contribution in [-0.2, 0) is 14.6 Å². The SMILES string of the molecule is CN(CC1CC1)C(=O)CC1CS(=O)(=O)CCN1. The molecular weight excluding hydrogens is 240 g/mol. The summed E-state index contributed by atoms with van der Waals surface area (Å²) in [6.07, 6.45) is 2.73. The van der Waals surface area contributed by atoms with Crippen molar-refractivity contribution in [2.24, 2.45) is 5.92 Å². The number of rotatable bonds is 4. The highest BCUT2D eigenvalue weighted by Gasteiger charge is 2.29. The molecule has 0 spiro atoms. The van der Waals surface area contributed by atoms with Crippen molar-refractivity contribution in [3.05, 3.63) is 0 Å². The molecule has 1 N–H and O–H groups in total. The van der Waals surface area contributed by atoms with Gasteiger partial charge in [0.25, 0.3) is 0 Å². The van der Waals surface area contributed by atoms with Gasteiger partial charge in [0, 0.05) is 32.6 Å². The highest BCUT2D eigenvalue weighted by Crippen LogP contribution is 2.29. The Balaban J connectivity index is 1.80. The number of carbonyl (C=O) groups excluding carboxylic acids is 1. The number of carbonyl (C=O) groups is 1. The molecule has 1 aliphatic heterocycles. The standard InChI is InChI=1S/C11H20N2O3S/c1-13(7-9-2-3-9)11(14)6-10-8-17(15,16)5-4-12-10/h9-10,12H,2-8H2,1H3. The third kappa shape index (κ3) is 3.96. The fourth-order valence-corrected chi connectivity index (χ4v) is 3.60. The van der Waals surface area contributed by atoms with Crippen LogP contribution in [-0.4, -0.2) is 56.9 Å². The number of sulfone groups is 1. The summed E-state index contributed by atoms with van der Waals surface area (Å²) in [7, 11) is -1.14. The van der Waals surface area contributed by atoms with Crippen LogP contribution < -0.4 is 5.32 Å². The molecule has 2 rings (SSSR count). The number of nitrogens with zero attached hydrogens (tertiary/aromatic N) is 1. The monoisotopic (exact) mass is 260 g/mol. The summed E-state index contributed by atoms with van der Waals surface area (Å²) in [4.78, 5) is 13.6. The van der Waals surface area contributed by atoms with Crippen molar-refractivity contribution >= 4 is 15.7 Å². The molecule has 2 fully saturated rings. The van der Waals surface area contributed by atoms with E-state index in [0.29, 0.717) is 18.9 Å². The summed E-state index contributed by atoms with van der Waals surface area (Å²) in [5, 5.41) is 3.10. The van der Waals surface area contributed by atoms with E-state index in [1.165, 1.54) is 12.8 Å². The molecule has 1 saturated carbocycles. The molecule has 1 atom stereocenters. The molecule has 0 aromatic rings. The second-order valence-corrected chi connectivity index (χ2v) is 7.42. The zero-order valence-electron chi connectivity index (χ0n) is 10.2.